The third-order valence-corrected chi connectivity index (χ3v) is 7.47. The van der Waals surface area contributed by atoms with Crippen LogP contribution in [-0.4, -0.2) is 53.7 Å². The van der Waals surface area contributed by atoms with E-state index in [2.05, 4.69) is 4.74 Å². The summed E-state index contributed by atoms with van der Waals surface area (Å²) in [5, 5.41) is 10.8. The minimum absolute atomic E-state index is 0.0767. The number of phenolic OH excluding ortho intramolecular Hbond substituents is 1. The smallest absolute Gasteiger partial charge is 0.423 e. The number of benzene rings is 1. The predicted octanol–water partition coefficient (Wildman–Crippen LogP) is 2.60. The number of hydrogen-bond donors (Lipinski definition) is 1. The quantitative estimate of drug-likeness (QED) is 0.391. The zero-order chi connectivity index (χ0) is 25.2. The lowest BCUT2D eigenvalue weighted by molar-refractivity contribution is -0.137. The number of phenols is 1. The molecule has 1 aromatic carbocycles. The molecular weight excluding hydrogens is 454 g/mol. The van der Waals surface area contributed by atoms with Crippen molar-refractivity contribution in [2.24, 2.45) is 17.8 Å². The normalized spacial score (nSPS) is 27.7. The van der Waals surface area contributed by atoms with Gasteiger partial charge in [0.2, 0.25) is 11.8 Å². The van der Waals surface area contributed by atoms with Gasteiger partial charge in [0.05, 0.1) is 26.1 Å². The third-order valence-electron chi connectivity index (χ3n) is 7.47. The zero-order valence-electron chi connectivity index (χ0n) is 19.4. The Morgan fingerprint density at radius 2 is 1.83 bits per heavy atom. The lowest BCUT2D eigenvalue weighted by atomic mass is 9.59. The standard InChI is InChI=1S/C26H23NO8/c1-11-8-19(29)22-17(23(11)30)10-15-13(20(22)16-9-12(34-2)4-7-18(16)28)5-6-14-21(15)25(32)27(24(14)31)26(33)35-3/h4-5,7-9,14-15,20-21,28H,6,10H2,1-3H3. The van der Waals surface area contributed by atoms with Gasteiger partial charge in [0.15, 0.2) is 11.6 Å². The summed E-state index contributed by atoms with van der Waals surface area (Å²) >= 11 is 0. The van der Waals surface area contributed by atoms with Crippen LogP contribution in [0, 0.1) is 17.8 Å². The number of allylic oxidation sites excluding steroid dienone is 6. The molecule has 0 spiro atoms. The molecule has 1 N–H and O–H groups in total. The first-order chi connectivity index (χ1) is 16.7. The summed E-state index contributed by atoms with van der Waals surface area (Å²) in [7, 11) is 2.57. The minimum atomic E-state index is -1.05. The van der Waals surface area contributed by atoms with Crippen molar-refractivity contribution in [1.82, 2.24) is 4.90 Å². The summed E-state index contributed by atoms with van der Waals surface area (Å²) in [5.41, 5.74) is 1.83. The first kappa shape index (κ1) is 22.8. The van der Waals surface area contributed by atoms with Crippen LogP contribution in [0.4, 0.5) is 4.79 Å². The van der Waals surface area contributed by atoms with Crippen LogP contribution in [0.15, 0.2) is 52.6 Å². The molecule has 1 heterocycles. The summed E-state index contributed by atoms with van der Waals surface area (Å²) in [4.78, 5) is 65.4. The molecule has 1 saturated heterocycles. The highest BCUT2D eigenvalue weighted by Crippen LogP contribution is 2.56. The van der Waals surface area contributed by atoms with Crippen LogP contribution in [0.3, 0.4) is 0 Å². The van der Waals surface area contributed by atoms with Crippen LogP contribution < -0.4 is 4.74 Å². The summed E-state index contributed by atoms with van der Waals surface area (Å²) in [6.07, 6.45) is 2.30. The van der Waals surface area contributed by atoms with Gasteiger partial charge in [-0.15, -0.1) is 0 Å². The van der Waals surface area contributed by atoms with Gasteiger partial charge in [-0.05, 0) is 50.0 Å². The molecular formula is C26H23NO8. The average Bonchev–Trinajstić information content (AvgIpc) is 3.11. The van der Waals surface area contributed by atoms with Gasteiger partial charge in [-0.1, -0.05) is 11.6 Å². The summed E-state index contributed by atoms with van der Waals surface area (Å²) in [6, 6.07) is 4.62. The molecule has 0 radical (unpaired) electrons. The Morgan fingerprint density at radius 1 is 1.09 bits per heavy atom. The lowest BCUT2D eigenvalue weighted by Gasteiger charge is -2.42. The number of carbonyl (C=O) groups excluding carboxylic acids is 5. The van der Waals surface area contributed by atoms with Gasteiger partial charge in [0.25, 0.3) is 0 Å². The van der Waals surface area contributed by atoms with Crippen molar-refractivity contribution in [1.29, 1.82) is 0 Å². The van der Waals surface area contributed by atoms with Crippen molar-refractivity contribution < 1.29 is 38.6 Å². The van der Waals surface area contributed by atoms with E-state index in [1.54, 1.807) is 25.1 Å². The van der Waals surface area contributed by atoms with Gasteiger partial charge in [0, 0.05) is 28.2 Å². The maximum absolute atomic E-state index is 13.3. The molecule has 180 valence electrons. The van der Waals surface area contributed by atoms with Crippen LogP contribution in [0.1, 0.15) is 31.2 Å². The third kappa shape index (κ3) is 3.18. The number of imide groups is 3. The summed E-state index contributed by atoms with van der Waals surface area (Å²) in [6.45, 7) is 1.56. The molecule has 4 unspecified atom stereocenters. The molecule has 0 aromatic heterocycles. The number of likely N-dealkylation sites (tertiary alicyclic amines) is 1. The zero-order valence-corrected chi connectivity index (χ0v) is 19.4. The molecule has 1 aliphatic heterocycles. The Morgan fingerprint density at radius 3 is 2.51 bits per heavy atom. The Kier molecular flexibility index (Phi) is 5.23. The number of fused-ring (bicyclic) bond motifs is 3. The van der Waals surface area contributed by atoms with E-state index < -0.39 is 41.6 Å². The first-order valence-corrected chi connectivity index (χ1v) is 11.2. The van der Waals surface area contributed by atoms with Gasteiger partial charge in [-0.2, -0.15) is 4.90 Å². The summed E-state index contributed by atoms with van der Waals surface area (Å²) in [5.74, 6) is -4.70. The van der Waals surface area contributed by atoms with E-state index in [1.807, 2.05) is 0 Å². The topological polar surface area (TPSA) is 127 Å². The Balaban J connectivity index is 1.70. The van der Waals surface area contributed by atoms with E-state index in [4.69, 9.17) is 4.74 Å². The van der Waals surface area contributed by atoms with Gasteiger partial charge in [-0.25, -0.2) is 4.79 Å². The van der Waals surface area contributed by atoms with Gasteiger partial charge in [-0.3, -0.25) is 19.2 Å². The number of ketones is 2. The van der Waals surface area contributed by atoms with Crippen molar-refractivity contribution in [2.75, 3.05) is 14.2 Å². The van der Waals surface area contributed by atoms with Crippen molar-refractivity contribution in [3.63, 3.8) is 0 Å². The highest BCUT2D eigenvalue weighted by atomic mass is 16.5. The molecule has 3 aliphatic carbocycles. The molecule has 0 saturated carbocycles. The van der Waals surface area contributed by atoms with Gasteiger partial charge in [0.1, 0.15) is 11.5 Å². The Hall–Kier alpha value is -4.01. The maximum Gasteiger partial charge on any atom is 0.423 e. The van der Waals surface area contributed by atoms with Gasteiger partial charge >= 0.3 is 6.09 Å². The second-order valence-electron chi connectivity index (χ2n) is 9.14. The second kappa shape index (κ2) is 8.04. The lowest BCUT2D eigenvalue weighted by Crippen LogP contribution is -2.40. The fourth-order valence-corrected chi connectivity index (χ4v) is 5.90. The van der Waals surface area contributed by atoms with E-state index in [9.17, 15) is 29.1 Å². The SMILES string of the molecule is COC(=O)N1C(=O)C2CC=C3C(c4cc(OC)ccc4O)C4=C(CC3C2C1=O)C(=O)C(C)=CC4=O. The molecule has 1 aromatic rings. The van der Waals surface area contributed by atoms with Crippen LogP contribution in [0.5, 0.6) is 11.5 Å². The molecule has 35 heavy (non-hydrogen) atoms. The highest BCUT2D eigenvalue weighted by Gasteiger charge is 2.58. The van der Waals surface area contributed by atoms with Crippen LogP contribution in [0.2, 0.25) is 0 Å². The summed E-state index contributed by atoms with van der Waals surface area (Å²) < 4.78 is 9.97. The monoisotopic (exact) mass is 477 g/mol. The molecule has 5 rings (SSSR count). The molecule has 1 fully saturated rings. The highest BCUT2D eigenvalue weighted by molar-refractivity contribution is 6.24. The number of carbonyl (C=O) groups is 5. The number of hydrogen-bond acceptors (Lipinski definition) is 8. The van der Waals surface area contributed by atoms with E-state index >= 15 is 0 Å². The number of nitrogens with zero attached hydrogens (tertiary/aromatic N) is 1. The number of Topliss-reactive ketones (excluding diaryl/α,β-unsaturated/α-hetero) is 1. The Labute approximate surface area is 200 Å². The minimum Gasteiger partial charge on any atom is -0.508 e. The largest absolute Gasteiger partial charge is 0.508 e. The fraction of sp³-hybridized carbons (Fsp3) is 0.346. The predicted molar refractivity (Wildman–Crippen MR) is 120 cm³/mol. The van der Waals surface area contributed by atoms with Gasteiger partial charge < -0.3 is 14.6 Å². The van der Waals surface area contributed by atoms with Crippen LogP contribution in [-0.2, 0) is 23.9 Å². The number of methoxy groups -OCH3 is 2. The molecule has 4 atom stereocenters. The van der Waals surface area contributed by atoms with Crippen molar-refractivity contribution in [3.05, 3.63) is 58.2 Å². The Bertz CT molecular complexity index is 1320. The fourth-order valence-electron chi connectivity index (χ4n) is 5.90. The molecule has 9 heteroatoms. The van der Waals surface area contributed by atoms with Crippen molar-refractivity contribution >= 4 is 29.5 Å². The second-order valence-corrected chi connectivity index (χ2v) is 9.14. The molecule has 9 nitrogen and oxygen atoms in total. The maximum atomic E-state index is 13.3. The first-order valence-electron chi connectivity index (χ1n) is 11.2. The van der Waals surface area contributed by atoms with E-state index in [-0.39, 0.29) is 46.9 Å². The molecule has 0 bridgehead atoms. The van der Waals surface area contributed by atoms with Crippen LogP contribution >= 0.6 is 0 Å². The van der Waals surface area contributed by atoms with E-state index in [0.717, 1.165) is 7.11 Å². The van der Waals surface area contributed by atoms with Crippen LogP contribution in [0.25, 0.3) is 0 Å². The number of rotatable bonds is 2. The van der Waals surface area contributed by atoms with E-state index in [0.29, 0.717) is 21.8 Å². The number of ether oxygens (including phenoxy) is 2. The number of amides is 3. The molecule has 3 amide bonds. The van der Waals surface area contributed by atoms with Crippen molar-refractivity contribution in [3.8, 4) is 11.5 Å². The average molecular weight is 477 g/mol. The molecule has 4 aliphatic rings. The number of aromatic hydroxyl groups is 1. The van der Waals surface area contributed by atoms with E-state index in [1.165, 1.54) is 19.3 Å². The van der Waals surface area contributed by atoms with Crippen molar-refractivity contribution in [2.45, 2.75) is 25.7 Å².